The van der Waals surface area contributed by atoms with Gasteiger partial charge in [0, 0.05) is 29.6 Å². The fourth-order valence-corrected chi connectivity index (χ4v) is 2.03. The Labute approximate surface area is 140 Å². The Balaban J connectivity index is 3.02. The van der Waals surface area contributed by atoms with Crippen LogP contribution in [-0.2, 0) is 9.47 Å². The summed E-state index contributed by atoms with van der Waals surface area (Å²) in [5, 5.41) is 3.38. The van der Waals surface area contributed by atoms with Gasteiger partial charge in [0.15, 0.2) is 0 Å². The summed E-state index contributed by atoms with van der Waals surface area (Å²) in [6.45, 7) is 18.1. The zero-order chi connectivity index (χ0) is 17.4. The SMILES string of the molecule is C=C(C)OC(=C)/C=C(/C=C(CC)\N=C1\C=C(C)OC1)NC(C)C. The second kappa shape index (κ2) is 9.03. The number of hydrogen-bond acceptors (Lipinski definition) is 4. The predicted molar refractivity (Wildman–Crippen MR) is 96.9 cm³/mol. The topological polar surface area (TPSA) is 42.9 Å². The molecule has 0 aromatic heterocycles. The van der Waals surface area contributed by atoms with E-state index in [1.54, 1.807) is 6.92 Å². The molecular formula is C19H28N2O2. The van der Waals surface area contributed by atoms with Gasteiger partial charge in [0.2, 0.25) is 0 Å². The molecule has 0 aromatic rings. The van der Waals surface area contributed by atoms with Crippen molar-refractivity contribution in [2.75, 3.05) is 6.61 Å². The summed E-state index contributed by atoms with van der Waals surface area (Å²) in [7, 11) is 0. The first-order valence-corrected chi connectivity index (χ1v) is 7.90. The van der Waals surface area contributed by atoms with Crippen molar-refractivity contribution in [3.63, 3.8) is 0 Å². The van der Waals surface area contributed by atoms with Crippen LogP contribution in [0.25, 0.3) is 0 Å². The molecule has 1 rings (SSSR count). The molecule has 126 valence electrons. The Hall–Kier alpha value is -2.23. The number of aliphatic imine (C=N–C) groups is 1. The molecule has 0 spiro atoms. The van der Waals surface area contributed by atoms with Crippen LogP contribution < -0.4 is 5.32 Å². The third-order valence-corrected chi connectivity index (χ3v) is 2.87. The van der Waals surface area contributed by atoms with E-state index in [4.69, 9.17) is 9.47 Å². The lowest BCUT2D eigenvalue weighted by molar-refractivity contribution is 0.275. The fraction of sp³-hybridized carbons (Fsp3) is 0.421. The summed E-state index contributed by atoms with van der Waals surface area (Å²) in [5.41, 5.74) is 2.82. The summed E-state index contributed by atoms with van der Waals surface area (Å²) in [4.78, 5) is 4.67. The van der Waals surface area contributed by atoms with Crippen LogP contribution in [0.1, 0.15) is 41.0 Å². The van der Waals surface area contributed by atoms with E-state index >= 15 is 0 Å². The zero-order valence-corrected chi connectivity index (χ0v) is 14.9. The van der Waals surface area contributed by atoms with E-state index in [-0.39, 0.29) is 6.04 Å². The highest BCUT2D eigenvalue weighted by Crippen LogP contribution is 2.14. The van der Waals surface area contributed by atoms with Crippen molar-refractivity contribution in [2.45, 2.75) is 47.1 Å². The molecule has 4 nitrogen and oxygen atoms in total. The highest BCUT2D eigenvalue weighted by atomic mass is 16.5. The van der Waals surface area contributed by atoms with Crippen LogP contribution >= 0.6 is 0 Å². The van der Waals surface area contributed by atoms with Gasteiger partial charge in [-0.3, -0.25) is 4.99 Å². The van der Waals surface area contributed by atoms with Crippen LogP contribution in [0.15, 0.2) is 65.0 Å². The largest absolute Gasteiger partial charge is 0.492 e. The zero-order valence-electron chi connectivity index (χ0n) is 14.9. The van der Waals surface area contributed by atoms with Gasteiger partial charge in [-0.25, -0.2) is 0 Å². The second-order valence-corrected chi connectivity index (χ2v) is 5.81. The second-order valence-electron chi connectivity index (χ2n) is 5.81. The summed E-state index contributed by atoms with van der Waals surface area (Å²) < 4.78 is 10.8. The Morgan fingerprint density at radius 3 is 2.61 bits per heavy atom. The van der Waals surface area contributed by atoms with E-state index in [2.05, 4.69) is 44.2 Å². The van der Waals surface area contributed by atoms with Crippen LogP contribution in [0.2, 0.25) is 0 Å². The van der Waals surface area contributed by atoms with Crippen molar-refractivity contribution in [1.82, 2.24) is 5.32 Å². The Morgan fingerprint density at radius 1 is 1.43 bits per heavy atom. The van der Waals surface area contributed by atoms with Gasteiger partial charge in [-0.15, -0.1) is 0 Å². The van der Waals surface area contributed by atoms with Crippen LogP contribution in [0, 0.1) is 0 Å². The minimum atomic E-state index is 0.290. The van der Waals surface area contributed by atoms with Gasteiger partial charge in [0.25, 0.3) is 0 Å². The molecule has 1 N–H and O–H groups in total. The Morgan fingerprint density at radius 2 is 2.13 bits per heavy atom. The standard InChI is InChI=1S/C19H28N2O2/c1-8-17(21-19-9-15(6)22-12-19)11-18(20-13(2)3)10-16(7)23-14(4)5/h9-11,13,20H,4,7-8,12H2,1-3,5-6H3/b17-11-,18-10-,21-19-. The maximum Gasteiger partial charge on any atom is 0.130 e. The minimum absolute atomic E-state index is 0.290. The summed E-state index contributed by atoms with van der Waals surface area (Å²) in [6.07, 6.45) is 6.66. The van der Waals surface area contributed by atoms with Crippen molar-refractivity contribution >= 4 is 5.71 Å². The molecule has 1 aliphatic heterocycles. The lowest BCUT2D eigenvalue weighted by Crippen LogP contribution is -2.21. The minimum Gasteiger partial charge on any atom is -0.492 e. The molecule has 0 bridgehead atoms. The third-order valence-electron chi connectivity index (χ3n) is 2.87. The molecule has 0 atom stereocenters. The predicted octanol–water partition coefficient (Wildman–Crippen LogP) is 4.60. The van der Waals surface area contributed by atoms with E-state index in [0.29, 0.717) is 18.1 Å². The molecule has 0 fully saturated rings. The van der Waals surface area contributed by atoms with Crippen molar-refractivity contribution < 1.29 is 9.47 Å². The maximum absolute atomic E-state index is 5.43. The van der Waals surface area contributed by atoms with Gasteiger partial charge < -0.3 is 14.8 Å². The lowest BCUT2D eigenvalue weighted by atomic mass is 10.2. The molecule has 23 heavy (non-hydrogen) atoms. The average molecular weight is 316 g/mol. The van der Waals surface area contributed by atoms with E-state index < -0.39 is 0 Å². The molecule has 0 amide bonds. The van der Waals surface area contributed by atoms with E-state index in [0.717, 1.165) is 29.3 Å². The molecule has 4 heteroatoms. The number of nitrogens with one attached hydrogen (secondary N) is 1. The van der Waals surface area contributed by atoms with E-state index in [9.17, 15) is 0 Å². The molecular weight excluding hydrogens is 288 g/mol. The first-order chi connectivity index (χ1) is 10.8. The van der Waals surface area contributed by atoms with Crippen LogP contribution in [-0.4, -0.2) is 18.4 Å². The number of rotatable bonds is 8. The summed E-state index contributed by atoms with van der Waals surface area (Å²) >= 11 is 0. The van der Waals surface area contributed by atoms with E-state index in [1.165, 1.54) is 0 Å². The quantitative estimate of drug-likeness (QED) is 0.525. The third kappa shape index (κ3) is 7.54. The van der Waals surface area contributed by atoms with Gasteiger partial charge in [-0.2, -0.15) is 0 Å². The smallest absolute Gasteiger partial charge is 0.130 e. The van der Waals surface area contributed by atoms with Crippen LogP contribution in [0.3, 0.4) is 0 Å². The van der Waals surface area contributed by atoms with E-state index in [1.807, 2.05) is 25.2 Å². The van der Waals surface area contributed by atoms with Crippen molar-refractivity contribution in [1.29, 1.82) is 0 Å². The Bertz CT molecular complexity index is 578. The fourth-order valence-electron chi connectivity index (χ4n) is 2.03. The highest BCUT2D eigenvalue weighted by molar-refractivity contribution is 5.98. The summed E-state index contributed by atoms with van der Waals surface area (Å²) in [5.74, 6) is 2.05. The normalized spacial score (nSPS) is 17.1. The molecule has 0 unspecified atom stereocenters. The molecule has 0 saturated heterocycles. The molecule has 0 aromatic carbocycles. The van der Waals surface area contributed by atoms with Crippen molar-refractivity contribution in [3.8, 4) is 0 Å². The maximum atomic E-state index is 5.43. The average Bonchev–Trinajstić information content (AvgIpc) is 2.81. The first-order valence-electron chi connectivity index (χ1n) is 7.90. The molecule has 1 heterocycles. The number of allylic oxidation sites excluding steroid dienone is 5. The molecule has 0 saturated carbocycles. The number of ether oxygens (including phenoxy) is 2. The van der Waals surface area contributed by atoms with Gasteiger partial charge >= 0.3 is 0 Å². The van der Waals surface area contributed by atoms with Crippen molar-refractivity contribution in [3.05, 3.63) is 60.1 Å². The summed E-state index contributed by atoms with van der Waals surface area (Å²) in [6, 6.07) is 0.290. The molecule has 0 aliphatic carbocycles. The molecule has 1 aliphatic rings. The van der Waals surface area contributed by atoms with Gasteiger partial charge in [0.05, 0.1) is 17.2 Å². The number of nitrogens with zero attached hydrogens (tertiary/aromatic N) is 1. The lowest BCUT2D eigenvalue weighted by Gasteiger charge is -2.13. The Kier molecular flexibility index (Phi) is 7.39. The number of hydrogen-bond donors (Lipinski definition) is 1. The monoisotopic (exact) mass is 316 g/mol. The van der Waals surface area contributed by atoms with Crippen molar-refractivity contribution in [2.24, 2.45) is 4.99 Å². The van der Waals surface area contributed by atoms with Gasteiger partial charge in [-0.05, 0) is 40.2 Å². The van der Waals surface area contributed by atoms with Crippen LogP contribution in [0.4, 0.5) is 0 Å². The molecule has 0 radical (unpaired) electrons. The highest BCUT2D eigenvalue weighted by Gasteiger charge is 2.08. The van der Waals surface area contributed by atoms with Gasteiger partial charge in [-0.1, -0.05) is 20.1 Å². The first kappa shape index (κ1) is 18.8. The van der Waals surface area contributed by atoms with Crippen LogP contribution in [0.5, 0.6) is 0 Å². The van der Waals surface area contributed by atoms with Gasteiger partial charge in [0.1, 0.15) is 12.4 Å².